The molecule has 0 spiro atoms. The van der Waals surface area contributed by atoms with Gasteiger partial charge in [-0.25, -0.2) is 4.79 Å². The number of benzene rings is 1. The summed E-state index contributed by atoms with van der Waals surface area (Å²) in [7, 11) is 0. The maximum atomic E-state index is 10.9. The summed E-state index contributed by atoms with van der Waals surface area (Å²) in [6.45, 7) is 4.61. The van der Waals surface area contributed by atoms with Gasteiger partial charge in [0.1, 0.15) is 0 Å². The molecule has 0 unspecified atom stereocenters. The average molecular weight is 275 g/mol. The highest BCUT2D eigenvalue weighted by molar-refractivity contribution is 7.99. The second kappa shape index (κ2) is 6.89. The zero-order valence-corrected chi connectivity index (χ0v) is 11.3. The van der Waals surface area contributed by atoms with E-state index in [1.807, 2.05) is 19.9 Å². The van der Waals surface area contributed by atoms with E-state index in [9.17, 15) is 4.79 Å². The summed E-state index contributed by atoms with van der Waals surface area (Å²) in [6, 6.07) is 5.01. The van der Waals surface area contributed by atoms with Crippen molar-refractivity contribution >= 4 is 29.3 Å². The van der Waals surface area contributed by atoms with E-state index in [0.29, 0.717) is 6.61 Å². The Morgan fingerprint density at radius 3 is 2.82 bits per heavy atom. The number of carboxylic acids is 1. The van der Waals surface area contributed by atoms with Crippen molar-refractivity contribution in [3.05, 3.63) is 28.8 Å². The molecule has 0 aliphatic heterocycles. The van der Waals surface area contributed by atoms with E-state index in [0.717, 1.165) is 10.6 Å². The molecule has 94 valence electrons. The molecule has 1 aromatic carbocycles. The van der Waals surface area contributed by atoms with Crippen LogP contribution < -0.4 is 0 Å². The lowest BCUT2D eigenvalue weighted by atomic mass is 10.2. The number of carboxylic acid groups (broad SMARTS) is 1. The normalized spacial score (nSPS) is 10.8. The molecule has 0 atom stereocenters. The Kier molecular flexibility index (Phi) is 5.82. The molecule has 0 aliphatic rings. The number of halogens is 1. The van der Waals surface area contributed by atoms with E-state index in [1.165, 1.54) is 0 Å². The lowest BCUT2D eigenvalue weighted by molar-refractivity contribution is 0.0696. The van der Waals surface area contributed by atoms with Gasteiger partial charge < -0.3 is 9.84 Å². The van der Waals surface area contributed by atoms with Crippen LogP contribution in [0, 0.1) is 0 Å². The van der Waals surface area contributed by atoms with Crippen LogP contribution in [0.2, 0.25) is 5.02 Å². The fraction of sp³-hybridized carbons (Fsp3) is 0.417. The minimum absolute atomic E-state index is 0.140. The van der Waals surface area contributed by atoms with Gasteiger partial charge in [0.25, 0.3) is 0 Å². The van der Waals surface area contributed by atoms with E-state index in [1.54, 1.807) is 23.9 Å². The topological polar surface area (TPSA) is 46.5 Å². The molecule has 5 heteroatoms. The summed E-state index contributed by atoms with van der Waals surface area (Å²) in [5.41, 5.74) is 0.140. The number of hydrogen-bond acceptors (Lipinski definition) is 3. The van der Waals surface area contributed by atoms with Gasteiger partial charge in [-0.15, -0.1) is 11.8 Å². The first-order valence-electron chi connectivity index (χ1n) is 5.28. The molecule has 0 radical (unpaired) electrons. The van der Waals surface area contributed by atoms with Crippen molar-refractivity contribution in [2.24, 2.45) is 0 Å². The lowest BCUT2D eigenvalue weighted by Gasteiger charge is -2.07. The molecule has 3 nitrogen and oxygen atoms in total. The van der Waals surface area contributed by atoms with Crippen LogP contribution in [-0.2, 0) is 4.74 Å². The summed E-state index contributed by atoms with van der Waals surface area (Å²) < 4.78 is 5.40. The second-order valence-corrected chi connectivity index (χ2v) is 5.29. The molecular weight excluding hydrogens is 260 g/mol. The van der Waals surface area contributed by atoms with Gasteiger partial charge in [-0.1, -0.05) is 11.6 Å². The first kappa shape index (κ1) is 14.4. The molecule has 0 amide bonds. The molecule has 0 fully saturated rings. The number of ether oxygens (including phenoxy) is 1. The Morgan fingerprint density at radius 2 is 2.24 bits per heavy atom. The third-order valence-electron chi connectivity index (χ3n) is 1.97. The van der Waals surface area contributed by atoms with Crippen molar-refractivity contribution in [3.8, 4) is 0 Å². The molecule has 0 aliphatic carbocycles. The predicted octanol–water partition coefficient (Wildman–Crippen LogP) is 3.56. The maximum Gasteiger partial charge on any atom is 0.337 e. The van der Waals surface area contributed by atoms with E-state index >= 15 is 0 Å². The molecule has 0 bridgehead atoms. The summed E-state index contributed by atoms with van der Waals surface area (Å²) in [4.78, 5) is 11.8. The van der Waals surface area contributed by atoms with Crippen LogP contribution in [0.1, 0.15) is 24.2 Å². The molecule has 0 saturated heterocycles. The fourth-order valence-corrected chi connectivity index (χ4v) is 2.18. The van der Waals surface area contributed by atoms with Crippen LogP contribution in [-0.4, -0.2) is 29.5 Å². The SMILES string of the molecule is CC(C)OCCSc1ccc(Cl)c(C(=O)O)c1. The average Bonchev–Trinajstić information content (AvgIpc) is 2.25. The van der Waals surface area contributed by atoms with Crippen LogP contribution in [0.25, 0.3) is 0 Å². The second-order valence-electron chi connectivity index (χ2n) is 3.71. The van der Waals surface area contributed by atoms with Gasteiger partial charge in [0.2, 0.25) is 0 Å². The number of rotatable bonds is 6. The Bertz CT molecular complexity index is 393. The minimum Gasteiger partial charge on any atom is -0.478 e. The van der Waals surface area contributed by atoms with Crippen molar-refractivity contribution in [1.82, 2.24) is 0 Å². The number of hydrogen-bond donors (Lipinski definition) is 1. The molecule has 0 saturated carbocycles. The summed E-state index contributed by atoms with van der Waals surface area (Å²) in [5, 5.41) is 9.18. The van der Waals surface area contributed by atoms with E-state index in [2.05, 4.69) is 0 Å². The Hall–Kier alpha value is -0.710. The molecule has 1 N–H and O–H groups in total. The first-order chi connectivity index (χ1) is 8.00. The molecule has 1 aromatic rings. The molecule has 0 aromatic heterocycles. The Labute approximate surface area is 110 Å². The van der Waals surface area contributed by atoms with Crippen molar-refractivity contribution in [2.45, 2.75) is 24.8 Å². The standard InChI is InChI=1S/C12H15ClO3S/c1-8(2)16-5-6-17-9-3-4-11(13)10(7-9)12(14)15/h3-4,7-8H,5-6H2,1-2H3,(H,14,15). The molecular formula is C12H15ClO3S. The highest BCUT2D eigenvalue weighted by Crippen LogP contribution is 2.24. The lowest BCUT2D eigenvalue weighted by Crippen LogP contribution is -2.05. The van der Waals surface area contributed by atoms with E-state index in [4.69, 9.17) is 21.4 Å². The first-order valence-corrected chi connectivity index (χ1v) is 6.64. The monoisotopic (exact) mass is 274 g/mol. The van der Waals surface area contributed by atoms with Crippen molar-refractivity contribution in [3.63, 3.8) is 0 Å². The Balaban J connectivity index is 2.54. The fourth-order valence-electron chi connectivity index (χ4n) is 1.20. The third kappa shape index (κ3) is 4.98. The van der Waals surface area contributed by atoms with E-state index in [-0.39, 0.29) is 16.7 Å². The van der Waals surface area contributed by atoms with Crippen LogP contribution in [0.5, 0.6) is 0 Å². The van der Waals surface area contributed by atoms with Crippen LogP contribution in [0.3, 0.4) is 0 Å². The Morgan fingerprint density at radius 1 is 1.53 bits per heavy atom. The zero-order chi connectivity index (χ0) is 12.8. The van der Waals surface area contributed by atoms with Gasteiger partial charge in [0, 0.05) is 10.6 Å². The van der Waals surface area contributed by atoms with Gasteiger partial charge in [-0.3, -0.25) is 0 Å². The minimum atomic E-state index is -1.00. The summed E-state index contributed by atoms with van der Waals surface area (Å²) in [5.74, 6) is -0.213. The predicted molar refractivity (Wildman–Crippen MR) is 70.2 cm³/mol. The highest BCUT2D eigenvalue weighted by atomic mass is 35.5. The molecule has 17 heavy (non-hydrogen) atoms. The smallest absolute Gasteiger partial charge is 0.337 e. The highest BCUT2D eigenvalue weighted by Gasteiger charge is 2.09. The van der Waals surface area contributed by atoms with Crippen LogP contribution in [0.15, 0.2) is 23.1 Å². The van der Waals surface area contributed by atoms with Gasteiger partial charge in [-0.05, 0) is 32.0 Å². The number of carbonyl (C=O) groups is 1. The largest absolute Gasteiger partial charge is 0.478 e. The third-order valence-corrected chi connectivity index (χ3v) is 3.26. The number of thioether (sulfide) groups is 1. The molecule has 0 heterocycles. The number of aromatic carboxylic acids is 1. The van der Waals surface area contributed by atoms with Crippen molar-refractivity contribution in [2.75, 3.05) is 12.4 Å². The van der Waals surface area contributed by atoms with Crippen LogP contribution in [0.4, 0.5) is 0 Å². The summed E-state index contributed by atoms with van der Waals surface area (Å²) in [6.07, 6.45) is 0.218. The van der Waals surface area contributed by atoms with Gasteiger partial charge >= 0.3 is 5.97 Å². The van der Waals surface area contributed by atoms with Crippen LogP contribution >= 0.6 is 23.4 Å². The van der Waals surface area contributed by atoms with E-state index < -0.39 is 5.97 Å². The maximum absolute atomic E-state index is 10.9. The molecule has 1 rings (SSSR count). The van der Waals surface area contributed by atoms with Gasteiger partial charge in [-0.2, -0.15) is 0 Å². The van der Waals surface area contributed by atoms with Gasteiger partial charge in [0.15, 0.2) is 0 Å². The summed E-state index contributed by atoms with van der Waals surface area (Å²) >= 11 is 7.34. The van der Waals surface area contributed by atoms with Gasteiger partial charge in [0.05, 0.1) is 23.3 Å². The zero-order valence-electron chi connectivity index (χ0n) is 9.77. The quantitative estimate of drug-likeness (QED) is 0.636. The van der Waals surface area contributed by atoms with Crippen molar-refractivity contribution < 1.29 is 14.6 Å². The van der Waals surface area contributed by atoms with Crippen molar-refractivity contribution in [1.29, 1.82) is 0 Å².